The second-order valence-corrected chi connectivity index (χ2v) is 8.76. The number of para-hydroxylation sites is 1. The lowest BCUT2D eigenvalue weighted by Gasteiger charge is -2.13. The standard InChI is InChI=1S/C25H13N3O5S/c29-22-19(14-6-2-1-3-7-14)20-21(25-27(22)17-8-4-5-9-18(17)34-25)24(31)26(23(20)30)15-10-12-16(13-11-15)28(32)33/h1-13H. The summed E-state index contributed by atoms with van der Waals surface area (Å²) in [5.74, 6) is -1.21. The van der Waals surface area contributed by atoms with Crippen LogP contribution in [-0.4, -0.2) is 21.1 Å². The largest absolute Gasteiger partial charge is 0.269 e. The highest BCUT2D eigenvalue weighted by atomic mass is 32.1. The number of amides is 2. The van der Waals surface area contributed by atoms with E-state index in [9.17, 15) is 24.5 Å². The maximum Gasteiger partial charge on any atom is 0.269 e. The van der Waals surface area contributed by atoms with Gasteiger partial charge in [0.05, 0.1) is 37.5 Å². The third kappa shape index (κ3) is 2.67. The lowest BCUT2D eigenvalue weighted by atomic mass is 9.99. The molecule has 6 rings (SSSR count). The van der Waals surface area contributed by atoms with E-state index >= 15 is 0 Å². The first-order valence-corrected chi connectivity index (χ1v) is 11.1. The molecule has 1 aliphatic heterocycles. The number of pyridine rings is 1. The van der Waals surface area contributed by atoms with E-state index in [1.165, 1.54) is 40.0 Å². The summed E-state index contributed by atoms with van der Waals surface area (Å²) in [5, 5.41) is 11.0. The topological polar surface area (TPSA) is 102 Å². The Balaban J connectivity index is 1.69. The van der Waals surface area contributed by atoms with Crippen LogP contribution in [0.2, 0.25) is 0 Å². The van der Waals surface area contributed by atoms with Crippen LogP contribution in [0.5, 0.6) is 0 Å². The Morgan fingerprint density at radius 1 is 0.735 bits per heavy atom. The molecule has 0 N–H and O–H groups in total. The number of hydrogen-bond donors (Lipinski definition) is 0. The number of carbonyl (C=O) groups is 2. The summed E-state index contributed by atoms with van der Waals surface area (Å²) in [6.07, 6.45) is 0. The lowest BCUT2D eigenvalue weighted by Crippen LogP contribution is -2.29. The fourth-order valence-corrected chi connectivity index (χ4v) is 5.54. The third-order valence-corrected chi connectivity index (χ3v) is 7.01. The van der Waals surface area contributed by atoms with Gasteiger partial charge in [0.15, 0.2) is 0 Å². The molecule has 0 aliphatic carbocycles. The van der Waals surface area contributed by atoms with E-state index in [1.807, 2.05) is 18.2 Å². The Bertz CT molecular complexity index is 1740. The summed E-state index contributed by atoms with van der Waals surface area (Å²) in [6.45, 7) is 0. The molecule has 3 aromatic carbocycles. The number of aromatic nitrogens is 1. The SMILES string of the molecule is O=C1c2c(-c3ccccc3)c(=O)n3c(sc4ccccc43)c2C(=O)N1c1ccc([N+](=O)[O-])cc1. The van der Waals surface area contributed by atoms with Gasteiger partial charge in [-0.25, -0.2) is 4.90 Å². The van der Waals surface area contributed by atoms with Gasteiger partial charge in [-0.05, 0) is 29.8 Å². The summed E-state index contributed by atoms with van der Waals surface area (Å²) in [7, 11) is 0. The Kier molecular flexibility index (Phi) is 4.23. The number of thiazole rings is 1. The number of nitro benzene ring substituents is 1. The normalized spacial score (nSPS) is 13.1. The molecule has 0 unspecified atom stereocenters. The van der Waals surface area contributed by atoms with Crippen LogP contribution in [0.4, 0.5) is 11.4 Å². The Morgan fingerprint density at radius 3 is 2.09 bits per heavy atom. The number of carbonyl (C=O) groups excluding carboxylic acids is 2. The highest BCUT2D eigenvalue weighted by Gasteiger charge is 2.42. The van der Waals surface area contributed by atoms with E-state index in [0.29, 0.717) is 15.9 Å². The summed E-state index contributed by atoms with van der Waals surface area (Å²) in [4.78, 5) is 53.0. The number of rotatable bonds is 3. The van der Waals surface area contributed by atoms with E-state index in [4.69, 9.17) is 0 Å². The first kappa shape index (κ1) is 20.0. The third-order valence-electron chi connectivity index (χ3n) is 5.86. The number of hydrogen-bond acceptors (Lipinski definition) is 6. The Labute approximate surface area is 195 Å². The zero-order valence-electron chi connectivity index (χ0n) is 17.3. The molecule has 0 bridgehead atoms. The number of non-ortho nitro benzene ring substituents is 1. The molecule has 2 aromatic heterocycles. The molecule has 164 valence electrons. The quantitative estimate of drug-likeness (QED) is 0.214. The lowest BCUT2D eigenvalue weighted by molar-refractivity contribution is -0.384. The predicted octanol–water partition coefficient (Wildman–Crippen LogP) is 4.89. The van der Waals surface area contributed by atoms with Crippen molar-refractivity contribution in [1.82, 2.24) is 4.40 Å². The molecule has 0 atom stereocenters. The van der Waals surface area contributed by atoms with E-state index in [0.717, 1.165) is 9.60 Å². The molecule has 34 heavy (non-hydrogen) atoms. The number of fused-ring (bicyclic) bond motifs is 5. The molecule has 0 saturated carbocycles. The van der Waals surface area contributed by atoms with Crippen molar-refractivity contribution < 1.29 is 14.5 Å². The van der Waals surface area contributed by atoms with Crippen molar-refractivity contribution in [2.24, 2.45) is 0 Å². The van der Waals surface area contributed by atoms with E-state index < -0.39 is 16.7 Å². The van der Waals surface area contributed by atoms with Crippen molar-refractivity contribution in [3.63, 3.8) is 0 Å². The number of anilines is 1. The van der Waals surface area contributed by atoms with Crippen LogP contribution in [-0.2, 0) is 0 Å². The smallest absolute Gasteiger partial charge is 0.268 e. The molecule has 8 nitrogen and oxygen atoms in total. The average molecular weight is 467 g/mol. The van der Waals surface area contributed by atoms with Gasteiger partial charge in [-0.3, -0.25) is 28.9 Å². The van der Waals surface area contributed by atoms with Crippen LogP contribution in [0.25, 0.3) is 26.2 Å². The zero-order valence-corrected chi connectivity index (χ0v) is 18.1. The van der Waals surface area contributed by atoms with Gasteiger partial charge < -0.3 is 0 Å². The molecule has 1 aliphatic rings. The van der Waals surface area contributed by atoms with Crippen molar-refractivity contribution >= 4 is 49.6 Å². The van der Waals surface area contributed by atoms with Crippen LogP contribution in [0, 0.1) is 10.1 Å². The maximum atomic E-state index is 13.8. The van der Waals surface area contributed by atoms with Gasteiger partial charge in [0.25, 0.3) is 23.1 Å². The van der Waals surface area contributed by atoms with E-state index in [2.05, 4.69) is 0 Å². The second-order valence-electron chi connectivity index (χ2n) is 7.73. The zero-order chi connectivity index (χ0) is 23.6. The molecular formula is C25H13N3O5S. The predicted molar refractivity (Wildman–Crippen MR) is 129 cm³/mol. The minimum Gasteiger partial charge on any atom is -0.268 e. The van der Waals surface area contributed by atoms with E-state index in [-0.39, 0.29) is 33.6 Å². The number of imide groups is 1. The maximum absolute atomic E-state index is 13.8. The molecule has 0 fully saturated rings. The van der Waals surface area contributed by atoms with Gasteiger partial charge in [-0.1, -0.05) is 42.5 Å². The fourth-order valence-electron chi connectivity index (χ4n) is 4.36. The van der Waals surface area contributed by atoms with Gasteiger partial charge >= 0.3 is 0 Å². The molecule has 0 spiro atoms. The molecule has 5 aromatic rings. The van der Waals surface area contributed by atoms with Crippen LogP contribution in [0.15, 0.2) is 83.7 Å². The second kappa shape index (κ2) is 7.19. The van der Waals surface area contributed by atoms with Gasteiger partial charge in [-0.15, -0.1) is 11.3 Å². The molecule has 3 heterocycles. The van der Waals surface area contributed by atoms with E-state index in [1.54, 1.807) is 36.4 Å². The van der Waals surface area contributed by atoms with Crippen LogP contribution < -0.4 is 10.5 Å². The Hall–Kier alpha value is -4.63. The van der Waals surface area contributed by atoms with Crippen molar-refractivity contribution in [2.75, 3.05) is 4.90 Å². The highest BCUT2D eigenvalue weighted by molar-refractivity contribution is 7.24. The number of nitrogens with zero attached hydrogens (tertiary/aromatic N) is 3. The van der Waals surface area contributed by atoms with Crippen molar-refractivity contribution in [3.05, 3.63) is 110 Å². The summed E-state index contributed by atoms with van der Waals surface area (Å²) < 4.78 is 2.30. The Morgan fingerprint density at radius 2 is 1.38 bits per heavy atom. The highest BCUT2D eigenvalue weighted by Crippen LogP contribution is 2.39. The number of nitro groups is 1. The summed E-state index contributed by atoms with van der Waals surface area (Å²) in [5.41, 5.74) is 1.19. The monoisotopic (exact) mass is 467 g/mol. The van der Waals surface area contributed by atoms with Crippen molar-refractivity contribution in [2.45, 2.75) is 0 Å². The molecule has 0 saturated heterocycles. The molecule has 9 heteroatoms. The van der Waals surface area contributed by atoms with Gasteiger partial charge in [0.1, 0.15) is 4.83 Å². The summed E-state index contributed by atoms with van der Waals surface area (Å²) >= 11 is 1.27. The first-order valence-electron chi connectivity index (χ1n) is 10.3. The molecule has 2 amide bonds. The minimum atomic E-state index is -0.634. The van der Waals surface area contributed by atoms with Crippen LogP contribution in [0.1, 0.15) is 20.7 Å². The summed E-state index contributed by atoms with van der Waals surface area (Å²) in [6, 6.07) is 21.3. The van der Waals surface area contributed by atoms with Gasteiger partial charge in [-0.2, -0.15) is 0 Å². The van der Waals surface area contributed by atoms with Crippen molar-refractivity contribution in [3.8, 4) is 11.1 Å². The van der Waals surface area contributed by atoms with Crippen molar-refractivity contribution in [1.29, 1.82) is 0 Å². The van der Waals surface area contributed by atoms with Crippen LogP contribution >= 0.6 is 11.3 Å². The first-order chi connectivity index (χ1) is 16.5. The fraction of sp³-hybridized carbons (Fsp3) is 0. The minimum absolute atomic E-state index is 0.0473. The number of benzene rings is 3. The van der Waals surface area contributed by atoms with Gasteiger partial charge in [0.2, 0.25) is 0 Å². The average Bonchev–Trinajstić information content (AvgIpc) is 3.35. The molecular weight excluding hydrogens is 454 g/mol. The van der Waals surface area contributed by atoms with Gasteiger partial charge in [0, 0.05) is 12.1 Å². The molecule has 0 radical (unpaired) electrons. The van der Waals surface area contributed by atoms with Crippen LogP contribution in [0.3, 0.4) is 0 Å².